The Morgan fingerprint density at radius 3 is 2.02 bits per heavy atom. The molecule has 26 atom stereocenters. The normalized spacial score (nSPS) is 58.1. The van der Waals surface area contributed by atoms with Gasteiger partial charge in [0.15, 0.2) is 24.7 Å². The summed E-state index contributed by atoms with van der Waals surface area (Å²) in [6.45, 7) is 9.64. The van der Waals surface area contributed by atoms with Crippen LogP contribution in [0.2, 0.25) is 0 Å². The number of allylic oxidation sites excluding steroid dienone is 1. The van der Waals surface area contributed by atoms with Crippen LogP contribution in [0.5, 0.6) is 0 Å². The zero-order chi connectivity index (χ0) is 45.1. The second kappa shape index (κ2) is 17.2. The summed E-state index contributed by atoms with van der Waals surface area (Å²) in [5, 5.41) is 109. The Labute approximate surface area is 368 Å². The molecule has 5 aliphatic heterocycles. The van der Waals surface area contributed by atoms with Crippen molar-refractivity contribution < 1.29 is 89.0 Å². The molecule has 5 heterocycles. The fourth-order valence-electron chi connectivity index (χ4n) is 13.9. The van der Waals surface area contributed by atoms with Gasteiger partial charge < -0.3 is 89.0 Å². The zero-order valence-corrected chi connectivity index (χ0v) is 37.0. The Morgan fingerprint density at radius 1 is 0.683 bits per heavy atom. The van der Waals surface area contributed by atoms with Gasteiger partial charge in [0.2, 0.25) is 0 Å². The topological polar surface area (TPSA) is 276 Å². The lowest BCUT2D eigenvalue weighted by atomic mass is 9.46. The molecule has 360 valence electrons. The molecule has 1 spiro atoms. The summed E-state index contributed by atoms with van der Waals surface area (Å²) in [6, 6.07) is 0. The third kappa shape index (κ3) is 7.35. The molecule has 0 aromatic heterocycles. The molecule has 0 aromatic carbocycles. The number of fused-ring (bicyclic) bond motifs is 7. The quantitative estimate of drug-likeness (QED) is 0.135. The Hall–Kier alpha value is -0.980. The molecule has 0 radical (unpaired) electrons. The minimum absolute atomic E-state index is 0.143. The third-order valence-electron chi connectivity index (χ3n) is 17.9. The van der Waals surface area contributed by atoms with E-state index in [2.05, 4.69) is 33.8 Å². The van der Waals surface area contributed by atoms with Crippen LogP contribution in [-0.4, -0.2) is 187 Å². The van der Waals surface area contributed by atoms with Gasteiger partial charge in [0.25, 0.3) is 0 Å². The van der Waals surface area contributed by atoms with Crippen molar-refractivity contribution in [3.8, 4) is 0 Å². The van der Waals surface area contributed by atoms with Crippen molar-refractivity contribution in [2.24, 2.45) is 40.4 Å². The van der Waals surface area contributed by atoms with E-state index in [4.69, 9.17) is 37.9 Å². The Kier molecular flexibility index (Phi) is 12.9. The smallest absolute Gasteiger partial charge is 0.187 e. The molecule has 0 amide bonds. The molecule has 4 aliphatic carbocycles. The molecule has 5 saturated heterocycles. The summed E-state index contributed by atoms with van der Waals surface area (Å²) in [5.74, 6) is 0.580. The van der Waals surface area contributed by atoms with Crippen molar-refractivity contribution in [3.63, 3.8) is 0 Å². The van der Waals surface area contributed by atoms with Crippen LogP contribution in [-0.2, 0) is 37.9 Å². The Bertz CT molecular complexity index is 1660. The molecule has 0 bridgehead atoms. The lowest BCUT2D eigenvalue weighted by molar-refractivity contribution is -0.394. The highest BCUT2D eigenvalue weighted by atomic mass is 16.8. The van der Waals surface area contributed by atoms with Crippen LogP contribution in [0.3, 0.4) is 0 Å². The van der Waals surface area contributed by atoms with Crippen molar-refractivity contribution in [2.75, 3.05) is 19.8 Å². The lowest BCUT2D eigenvalue weighted by Gasteiger charge is -2.60. The van der Waals surface area contributed by atoms with E-state index in [1.165, 1.54) is 12.5 Å². The summed E-state index contributed by atoms with van der Waals surface area (Å²) in [7, 11) is 0. The van der Waals surface area contributed by atoms with Gasteiger partial charge in [0, 0.05) is 17.8 Å². The number of aliphatic hydroxyl groups excluding tert-OH is 9. The van der Waals surface area contributed by atoms with Crippen LogP contribution in [0.15, 0.2) is 11.6 Å². The van der Waals surface area contributed by atoms with Gasteiger partial charge in [-0.05, 0) is 87.4 Å². The van der Waals surface area contributed by atoms with E-state index in [0.717, 1.165) is 44.9 Å². The summed E-state index contributed by atoms with van der Waals surface area (Å²) in [6.07, 6.45) is -14.6. The predicted octanol–water partition coefficient (Wildman–Crippen LogP) is -0.671. The zero-order valence-electron chi connectivity index (χ0n) is 37.0. The van der Waals surface area contributed by atoms with E-state index in [9.17, 15) is 51.1 Å². The van der Waals surface area contributed by atoms with Crippen LogP contribution in [0.4, 0.5) is 0 Å². The van der Waals surface area contributed by atoms with Crippen molar-refractivity contribution in [1.29, 1.82) is 0 Å². The van der Waals surface area contributed by atoms with E-state index in [-0.39, 0.29) is 28.8 Å². The fourth-order valence-corrected chi connectivity index (χ4v) is 13.9. The number of ether oxygens (including phenoxy) is 8. The number of hydrogen-bond acceptors (Lipinski definition) is 18. The minimum atomic E-state index is -1.86. The van der Waals surface area contributed by atoms with E-state index in [1.807, 2.05) is 0 Å². The molecule has 0 aromatic rings. The number of aliphatic hydroxyl groups is 10. The molecule has 18 nitrogen and oxygen atoms in total. The predicted molar refractivity (Wildman–Crippen MR) is 216 cm³/mol. The summed E-state index contributed by atoms with van der Waals surface area (Å²) in [5.41, 5.74) is -0.202. The average molecular weight is 901 g/mol. The van der Waals surface area contributed by atoms with Gasteiger partial charge in [0.1, 0.15) is 72.7 Å². The number of rotatable bonds is 8. The minimum Gasteiger partial charge on any atom is -0.394 e. The van der Waals surface area contributed by atoms with E-state index in [1.54, 1.807) is 0 Å². The standard InChI is InChI=1S/C45H72O18/c1-19-8-13-44(56-18-19)21(3)45(55)29(63-44)15-26-24-7-6-22-14-23(9-11-42(22,4)25(24)10-12-43(26,45)5)58-41-38(62-39-35(53)33(51)30(48)20(2)57-39)37(32(50)28(17-47)60-41)61-40-36(54)34(52)31(49)27(16-46)59-40/h6,19-21,23-41,46-55H,7-18H2,1-5H3/t19-,20?,21-,23+,24-,25+,26?,27?,28?,29+,30?,31?,32?,33?,34?,35?,36?,37?,38?,39?,40?,41?,42+,43+,44-,45-/m1/s1. The van der Waals surface area contributed by atoms with Crippen molar-refractivity contribution in [3.05, 3.63) is 11.6 Å². The van der Waals surface area contributed by atoms with E-state index < -0.39 is 123 Å². The molecule has 3 saturated carbocycles. The summed E-state index contributed by atoms with van der Waals surface area (Å²) >= 11 is 0. The van der Waals surface area contributed by atoms with E-state index >= 15 is 0 Å². The first-order valence-corrected chi connectivity index (χ1v) is 23.5. The van der Waals surface area contributed by atoms with Crippen molar-refractivity contribution in [2.45, 2.75) is 208 Å². The first-order chi connectivity index (χ1) is 29.8. The molecule has 9 rings (SSSR count). The van der Waals surface area contributed by atoms with Gasteiger partial charge in [0.05, 0.1) is 38.1 Å². The molecule has 8 fully saturated rings. The van der Waals surface area contributed by atoms with Gasteiger partial charge >= 0.3 is 0 Å². The highest BCUT2D eigenvalue weighted by Crippen LogP contribution is 2.72. The molecular weight excluding hydrogens is 828 g/mol. The fraction of sp³-hybridized carbons (Fsp3) is 0.956. The first kappa shape index (κ1) is 47.1. The molecule has 10 N–H and O–H groups in total. The Morgan fingerprint density at radius 2 is 1.33 bits per heavy atom. The van der Waals surface area contributed by atoms with Gasteiger partial charge in [-0.25, -0.2) is 0 Å². The first-order valence-electron chi connectivity index (χ1n) is 23.5. The summed E-state index contributed by atoms with van der Waals surface area (Å²) < 4.78 is 50.0. The van der Waals surface area contributed by atoms with Crippen LogP contribution >= 0.6 is 0 Å². The maximum Gasteiger partial charge on any atom is 0.187 e. The Balaban J connectivity index is 0.948. The lowest BCUT2D eigenvalue weighted by Crippen LogP contribution is -2.67. The molecule has 16 unspecified atom stereocenters. The van der Waals surface area contributed by atoms with Gasteiger partial charge in [-0.15, -0.1) is 0 Å². The number of hydrogen-bond donors (Lipinski definition) is 10. The van der Waals surface area contributed by atoms with Gasteiger partial charge in [-0.1, -0.05) is 39.3 Å². The van der Waals surface area contributed by atoms with E-state index in [0.29, 0.717) is 37.2 Å². The highest BCUT2D eigenvalue weighted by molar-refractivity contribution is 5.29. The SMILES string of the molecule is CC1OC(OC2C(O[C@H]3CC[C@@]4(C)C(=CC[C@H]5C6C[C@@H]7O[C@]8(CC[C@@H](C)CO8)[C@@H](C)[C@]7(O)[C@@]6(C)CC[C@@H]54)C3)OC(CO)C(O)C2OC2OC(CO)C(O)C(O)C2O)C(O)C(O)C1O. The van der Waals surface area contributed by atoms with Gasteiger partial charge in [-0.3, -0.25) is 0 Å². The van der Waals surface area contributed by atoms with Crippen molar-refractivity contribution >= 4 is 0 Å². The molecule has 9 aliphatic rings. The maximum absolute atomic E-state index is 12.8. The van der Waals surface area contributed by atoms with Crippen molar-refractivity contribution in [1.82, 2.24) is 0 Å². The monoisotopic (exact) mass is 900 g/mol. The second-order valence-corrected chi connectivity index (χ2v) is 21.2. The highest BCUT2D eigenvalue weighted by Gasteiger charge is 2.76. The van der Waals surface area contributed by atoms with Crippen LogP contribution in [0.1, 0.15) is 92.4 Å². The van der Waals surface area contributed by atoms with Gasteiger partial charge in [-0.2, -0.15) is 0 Å². The molecular formula is C45H72O18. The third-order valence-corrected chi connectivity index (χ3v) is 17.9. The average Bonchev–Trinajstić information content (AvgIpc) is 3.62. The summed E-state index contributed by atoms with van der Waals surface area (Å²) in [4.78, 5) is 0. The van der Waals surface area contributed by atoms with Crippen LogP contribution in [0, 0.1) is 40.4 Å². The largest absolute Gasteiger partial charge is 0.394 e. The maximum atomic E-state index is 12.8. The molecule has 63 heavy (non-hydrogen) atoms. The molecule has 18 heteroatoms. The second-order valence-electron chi connectivity index (χ2n) is 21.2. The van der Waals surface area contributed by atoms with Crippen LogP contribution in [0.25, 0.3) is 0 Å². The van der Waals surface area contributed by atoms with Crippen LogP contribution < -0.4 is 0 Å².